The number of hydrogen-bond donors (Lipinski definition) is 2. The van der Waals surface area contributed by atoms with Crippen molar-refractivity contribution < 1.29 is 9.32 Å². The number of nitrogens with one attached hydrogen (secondary N) is 2. The highest BCUT2D eigenvalue weighted by molar-refractivity contribution is 6.05. The molecule has 0 saturated carbocycles. The van der Waals surface area contributed by atoms with Gasteiger partial charge in [-0.05, 0) is 31.2 Å². The van der Waals surface area contributed by atoms with Crippen LogP contribution in [0.3, 0.4) is 0 Å². The van der Waals surface area contributed by atoms with Gasteiger partial charge < -0.3 is 9.84 Å². The molecule has 28 heavy (non-hydrogen) atoms. The van der Waals surface area contributed by atoms with Crippen LogP contribution in [0.15, 0.2) is 59.5 Å². The molecule has 0 fully saturated rings. The molecule has 8 heteroatoms. The first-order valence-electron chi connectivity index (χ1n) is 8.60. The lowest BCUT2D eigenvalue weighted by atomic mass is 10.1. The summed E-state index contributed by atoms with van der Waals surface area (Å²) in [4.78, 5) is 21.5. The van der Waals surface area contributed by atoms with Crippen LogP contribution in [0.25, 0.3) is 33.2 Å². The summed E-state index contributed by atoms with van der Waals surface area (Å²) < 4.78 is 4.94. The Morgan fingerprint density at radius 1 is 1.07 bits per heavy atom. The van der Waals surface area contributed by atoms with Crippen LogP contribution in [-0.2, 0) is 0 Å². The Balaban J connectivity index is 1.50. The molecule has 0 saturated heterocycles. The molecule has 0 aliphatic heterocycles. The Morgan fingerprint density at radius 3 is 2.82 bits per heavy atom. The second kappa shape index (κ2) is 6.27. The second-order valence-corrected chi connectivity index (χ2v) is 6.39. The van der Waals surface area contributed by atoms with Gasteiger partial charge >= 0.3 is 0 Å². The highest BCUT2D eigenvalue weighted by Gasteiger charge is 2.13. The van der Waals surface area contributed by atoms with Crippen LogP contribution in [0.5, 0.6) is 0 Å². The normalized spacial score (nSPS) is 11.2. The van der Waals surface area contributed by atoms with Gasteiger partial charge in [0.2, 0.25) is 0 Å². The molecule has 0 unspecified atom stereocenters. The SMILES string of the molecule is Cc1oncc1C(=O)Nc1ccc2cnc(-c3ccc4cn[nH]c4c3)nc2c1. The summed E-state index contributed by atoms with van der Waals surface area (Å²) in [6.07, 6.45) is 4.94. The molecule has 3 aromatic heterocycles. The fraction of sp³-hybridized carbons (Fsp3) is 0.0500. The number of hydrogen-bond acceptors (Lipinski definition) is 6. The first-order valence-corrected chi connectivity index (χ1v) is 8.60. The number of amides is 1. The molecule has 0 spiro atoms. The summed E-state index contributed by atoms with van der Waals surface area (Å²) in [5, 5.41) is 15.4. The third kappa shape index (κ3) is 2.77. The molecule has 8 nitrogen and oxygen atoms in total. The lowest BCUT2D eigenvalue weighted by molar-refractivity contribution is 0.102. The standard InChI is InChI=1S/C20H14N6O2/c1-11-16(10-23-28-11)20(27)24-15-5-4-13-8-21-19(25-17(13)7-15)12-2-3-14-9-22-26-18(14)6-12/h2-10H,1H3,(H,22,26)(H,24,27). The van der Waals surface area contributed by atoms with Crippen molar-refractivity contribution in [1.82, 2.24) is 25.3 Å². The van der Waals surface area contributed by atoms with Gasteiger partial charge in [-0.1, -0.05) is 17.3 Å². The van der Waals surface area contributed by atoms with E-state index in [9.17, 15) is 4.79 Å². The number of aromatic amines is 1. The summed E-state index contributed by atoms with van der Waals surface area (Å²) in [6.45, 7) is 1.69. The van der Waals surface area contributed by atoms with Gasteiger partial charge in [-0.3, -0.25) is 9.89 Å². The Kier molecular flexibility index (Phi) is 3.61. The Morgan fingerprint density at radius 2 is 1.96 bits per heavy atom. The van der Waals surface area contributed by atoms with Crippen LogP contribution >= 0.6 is 0 Å². The molecule has 2 aromatic carbocycles. The van der Waals surface area contributed by atoms with Crippen molar-refractivity contribution in [3.63, 3.8) is 0 Å². The summed E-state index contributed by atoms with van der Waals surface area (Å²) in [5.74, 6) is 0.788. The van der Waals surface area contributed by atoms with Crippen LogP contribution < -0.4 is 5.32 Å². The summed E-state index contributed by atoms with van der Waals surface area (Å²) in [6, 6.07) is 11.4. The molecule has 2 N–H and O–H groups in total. The van der Waals surface area contributed by atoms with Crippen LogP contribution in [0.2, 0.25) is 0 Å². The minimum Gasteiger partial charge on any atom is -0.361 e. The predicted octanol–water partition coefficient (Wildman–Crippen LogP) is 3.72. The van der Waals surface area contributed by atoms with Gasteiger partial charge in [-0.15, -0.1) is 0 Å². The van der Waals surface area contributed by atoms with E-state index in [-0.39, 0.29) is 5.91 Å². The number of fused-ring (bicyclic) bond motifs is 2. The number of aryl methyl sites for hydroxylation is 1. The molecule has 5 rings (SSSR count). The van der Waals surface area contributed by atoms with Gasteiger partial charge in [0.25, 0.3) is 5.91 Å². The number of benzene rings is 2. The molecule has 5 aromatic rings. The first kappa shape index (κ1) is 16.1. The summed E-state index contributed by atoms with van der Waals surface area (Å²) in [5.41, 5.74) is 3.57. The molecule has 3 heterocycles. The van der Waals surface area contributed by atoms with E-state index in [1.807, 2.05) is 36.4 Å². The van der Waals surface area contributed by atoms with E-state index >= 15 is 0 Å². The lowest BCUT2D eigenvalue weighted by Gasteiger charge is -2.07. The van der Waals surface area contributed by atoms with Gasteiger partial charge in [0.05, 0.1) is 23.4 Å². The van der Waals surface area contributed by atoms with Gasteiger partial charge in [0.1, 0.15) is 11.3 Å². The average molecular weight is 370 g/mol. The van der Waals surface area contributed by atoms with Crippen LogP contribution in [-0.4, -0.2) is 31.2 Å². The predicted molar refractivity (Wildman–Crippen MR) is 104 cm³/mol. The number of rotatable bonds is 3. The van der Waals surface area contributed by atoms with Crippen LogP contribution in [0.4, 0.5) is 5.69 Å². The van der Waals surface area contributed by atoms with Crippen molar-refractivity contribution in [2.75, 3.05) is 5.32 Å². The molecule has 0 radical (unpaired) electrons. The number of aromatic nitrogens is 5. The quantitative estimate of drug-likeness (QED) is 0.501. The monoisotopic (exact) mass is 370 g/mol. The Bertz CT molecular complexity index is 1340. The number of anilines is 1. The fourth-order valence-corrected chi connectivity index (χ4v) is 3.03. The maximum absolute atomic E-state index is 12.4. The van der Waals surface area contributed by atoms with E-state index in [4.69, 9.17) is 4.52 Å². The number of carbonyl (C=O) groups excluding carboxylic acids is 1. The van der Waals surface area contributed by atoms with Gasteiger partial charge in [0.15, 0.2) is 5.82 Å². The molecule has 0 atom stereocenters. The van der Waals surface area contributed by atoms with Crippen molar-refractivity contribution in [2.24, 2.45) is 0 Å². The van der Waals surface area contributed by atoms with E-state index in [1.165, 1.54) is 6.20 Å². The zero-order valence-corrected chi connectivity index (χ0v) is 14.8. The summed E-state index contributed by atoms with van der Waals surface area (Å²) in [7, 11) is 0. The maximum Gasteiger partial charge on any atom is 0.260 e. The third-order valence-electron chi connectivity index (χ3n) is 4.54. The minimum atomic E-state index is -0.280. The molecular formula is C20H14N6O2. The van der Waals surface area contributed by atoms with E-state index in [2.05, 4.69) is 30.6 Å². The smallest absolute Gasteiger partial charge is 0.260 e. The Hall–Kier alpha value is -4.07. The van der Waals surface area contributed by atoms with Crippen molar-refractivity contribution in [2.45, 2.75) is 6.92 Å². The Labute approximate surface area is 158 Å². The maximum atomic E-state index is 12.4. The van der Waals surface area contributed by atoms with E-state index in [0.29, 0.717) is 22.8 Å². The largest absolute Gasteiger partial charge is 0.361 e. The molecule has 1 amide bonds. The van der Waals surface area contributed by atoms with Gasteiger partial charge in [0, 0.05) is 28.2 Å². The van der Waals surface area contributed by atoms with Crippen molar-refractivity contribution in [3.8, 4) is 11.4 Å². The van der Waals surface area contributed by atoms with Crippen LogP contribution in [0, 0.1) is 6.92 Å². The van der Waals surface area contributed by atoms with Crippen molar-refractivity contribution in [3.05, 3.63) is 66.3 Å². The zero-order valence-electron chi connectivity index (χ0n) is 14.8. The third-order valence-corrected chi connectivity index (χ3v) is 4.54. The lowest BCUT2D eigenvalue weighted by Crippen LogP contribution is -2.12. The molecular weight excluding hydrogens is 356 g/mol. The second-order valence-electron chi connectivity index (χ2n) is 6.39. The highest BCUT2D eigenvalue weighted by Crippen LogP contribution is 2.24. The number of carbonyl (C=O) groups is 1. The highest BCUT2D eigenvalue weighted by atomic mass is 16.5. The number of nitrogens with zero attached hydrogens (tertiary/aromatic N) is 4. The van der Waals surface area contributed by atoms with Crippen molar-refractivity contribution >= 4 is 33.4 Å². The van der Waals surface area contributed by atoms with E-state index < -0.39 is 0 Å². The first-order chi connectivity index (χ1) is 13.7. The zero-order chi connectivity index (χ0) is 19.1. The number of H-pyrrole nitrogens is 1. The fourth-order valence-electron chi connectivity index (χ4n) is 3.03. The van der Waals surface area contributed by atoms with Crippen molar-refractivity contribution in [1.29, 1.82) is 0 Å². The van der Waals surface area contributed by atoms with Gasteiger partial charge in [-0.25, -0.2) is 9.97 Å². The minimum absolute atomic E-state index is 0.280. The van der Waals surface area contributed by atoms with Gasteiger partial charge in [-0.2, -0.15) is 5.10 Å². The topological polar surface area (TPSA) is 110 Å². The molecule has 0 bridgehead atoms. The molecule has 136 valence electrons. The summed E-state index contributed by atoms with van der Waals surface area (Å²) >= 11 is 0. The molecule has 0 aliphatic carbocycles. The van der Waals surface area contributed by atoms with Crippen LogP contribution in [0.1, 0.15) is 16.1 Å². The molecule has 0 aliphatic rings. The van der Waals surface area contributed by atoms with E-state index in [1.54, 1.807) is 19.3 Å². The average Bonchev–Trinajstić information content (AvgIpc) is 3.35. The van der Waals surface area contributed by atoms with E-state index in [0.717, 1.165) is 27.4 Å².